The minimum atomic E-state index is -0.166. The lowest BCUT2D eigenvalue weighted by atomic mass is 9.65. The van der Waals surface area contributed by atoms with Crippen molar-refractivity contribution in [2.24, 2.45) is 0 Å². The summed E-state index contributed by atoms with van der Waals surface area (Å²) in [6.07, 6.45) is 4.53. The molecule has 0 N–H and O–H groups in total. The third kappa shape index (κ3) is 1.83. The molecule has 0 radical (unpaired) electrons. The van der Waals surface area contributed by atoms with Crippen LogP contribution in [0.1, 0.15) is 42.7 Å². The van der Waals surface area contributed by atoms with Gasteiger partial charge in [-0.25, -0.2) is 0 Å². The van der Waals surface area contributed by atoms with Gasteiger partial charge in [0.05, 0.1) is 11.5 Å². The molecule has 1 aliphatic heterocycles. The molecule has 18 heavy (non-hydrogen) atoms. The van der Waals surface area contributed by atoms with Crippen LogP contribution >= 0.6 is 0 Å². The first-order valence-corrected chi connectivity index (χ1v) is 6.94. The van der Waals surface area contributed by atoms with Crippen LogP contribution in [0.15, 0.2) is 24.3 Å². The molecule has 0 bridgehead atoms. The highest BCUT2D eigenvalue weighted by molar-refractivity contribution is 5.39. The van der Waals surface area contributed by atoms with Gasteiger partial charge in [-0.1, -0.05) is 24.3 Å². The first-order valence-electron chi connectivity index (χ1n) is 6.94. The van der Waals surface area contributed by atoms with Crippen LogP contribution in [0.3, 0.4) is 0 Å². The zero-order chi connectivity index (χ0) is 12.6. The molecule has 1 unspecified atom stereocenters. The maximum Gasteiger partial charge on any atom is 0.0822 e. The van der Waals surface area contributed by atoms with Crippen LogP contribution in [0.2, 0.25) is 0 Å². The van der Waals surface area contributed by atoms with Gasteiger partial charge in [0.15, 0.2) is 0 Å². The van der Waals surface area contributed by atoms with Gasteiger partial charge in [-0.2, -0.15) is 5.26 Å². The standard InChI is InChI=1S/C16H20N2/c1-18-9-6-14(11-18)13-4-2-5-15(10-13)16(12-17)7-3-8-16/h2,4-5,10,14H,3,6-9,11H2,1H3. The topological polar surface area (TPSA) is 27.0 Å². The van der Waals surface area contributed by atoms with Crippen LogP contribution in [0, 0.1) is 11.3 Å². The minimum Gasteiger partial charge on any atom is -0.306 e. The number of hydrogen-bond donors (Lipinski definition) is 0. The molecular weight excluding hydrogens is 220 g/mol. The van der Waals surface area contributed by atoms with Gasteiger partial charge in [-0.3, -0.25) is 0 Å². The van der Waals surface area contributed by atoms with Crippen molar-refractivity contribution in [3.8, 4) is 6.07 Å². The highest BCUT2D eigenvalue weighted by Gasteiger charge is 2.39. The molecular formula is C16H20N2. The van der Waals surface area contributed by atoms with Crippen molar-refractivity contribution in [2.75, 3.05) is 20.1 Å². The number of rotatable bonds is 2. The molecule has 1 saturated heterocycles. The fourth-order valence-electron chi connectivity index (χ4n) is 3.29. The van der Waals surface area contributed by atoms with Crippen LogP contribution in [-0.4, -0.2) is 25.0 Å². The Labute approximate surface area is 109 Å². The van der Waals surface area contributed by atoms with Crippen LogP contribution in [0.25, 0.3) is 0 Å². The summed E-state index contributed by atoms with van der Waals surface area (Å²) in [4.78, 5) is 2.39. The number of nitriles is 1. The van der Waals surface area contributed by atoms with Crippen molar-refractivity contribution in [1.29, 1.82) is 5.26 Å². The van der Waals surface area contributed by atoms with E-state index in [1.165, 1.54) is 30.5 Å². The molecule has 2 nitrogen and oxygen atoms in total. The second-order valence-corrected chi connectivity index (χ2v) is 5.92. The molecule has 1 aliphatic carbocycles. The number of likely N-dealkylation sites (tertiary alicyclic amines) is 1. The van der Waals surface area contributed by atoms with Crippen LogP contribution < -0.4 is 0 Å². The Morgan fingerprint density at radius 3 is 2.78 bits per heavy atom. The van der Waals surface area contributed by atoms with E-state index in [4.69, 9.17) is 0 Å². The fraction of sp³-hybridized carbons (Fsp3) is 0.562. The molecule has 1 aromatic rings. The largest absolute Gasteiger partial charge is 0.306 e. The third-order valence-corrected chi connectivity index (χ3v) is 4.72. The van der Waals surface area contributed by atoms with E-state index in [1.54, 1.807) is 0 Å². The fourth-order valence-corrected chi connectivity index (χ4v) is 3.29. The first kappa shape index (κ1) is 11.7. The lowest BCUT2D eigenvalue weighted by molar-refractivity contribution is 0.323. The average Bonchev–Trinajstić information content (AvgIpc) is 2.76. The van der Waals surface area contributed by atoms with Crippen molar-refractivity contribution in [2.45, 2.75) is 37.0 Å². The maximum atomic E-state index is 9.43. The van der Waals surface area contributed by atoms with E-state index in [0.29, 0.717) is 5.92 Å². The average molecular weight is 240 g/mol. The summed E-state index contributed by atoms with van der Waals surface area (Å²) in [5, 5.41) is 9.43. The van der Waals surface area contributed by atoms with Gasteiger partial charge < -0.3 is 4.90 Å². The molecule has 1 aromatic carbocycles. The first-order chi connectivity index (χ1) is 8.73. The summed E-state index contributed by atoms with van der Waals surface area (Å²) in [6.45, 7) is 2.35. The van der Waals surface area contributed by atoms with Gasteiger partial charge >= 0.3 is 0 Å². The molecule has 1 saturated carbocycles. The van der Waals surface area contributed by atoms with Crippen molar-refractivity contribution < 1.29 is 0 Å². The predicted octanol–water partition coefficient (Wildman–Crippen LogP) is 3.05. The Kier molecular flexibility index (Phi) is 2.87. The van der Waals surface area contributed by atoms with Gasteiger partial charge in [0.2, 0.25) is 0 Å². The summed E-state index contributed by atoms with van der Waals surface area (Å²) in [6, 6.07) is 11.4. The van der Waals surface area contributed by atoms with Gasteiger partial charge in [-0.05, 0) is 56.3 Å². The molecule has 0 aromatic heterocycles. The summed E-state index contributed by atoms with van der Waals surface area (Å²) in [5.41, 5.74) is 2.52. The molecule has 2 aliphatic rings. The predicted molar refractivity (Wildman–Crippen MR) is 72.4 cm³/mol. The minimum absolute atomic E-state index is 0.166. The number of benzene rings is 1. The Balaban J connectivity index is 1.88. The number of likely N-dealkylation sites (N-methyl/N-ethyl adjacent to an activating group) is 1. The van der Waals surface area contributed by atoms with E-state index in [1.807, 2.05) is 0 Å². The lowest BCUT2D eigenvalue weighted by Gasteiger charge is -2.36. The zero-order valence-corrected chi connectivity index (χ0v) is 11.0. The Morgan fingerprint density at radius 1 is 1.39 bits per heavy atom. The second kappa shape index (κ2) is 4.40. The molecule has 94 valence electrons. The zero-order valence-electron chi connectivity index (χ0n) is 11.0. The summed E-state index contributed by atoms with van der Waals surface area (Å²) in [7, 11) is 2.19. The number of nitrogens with zero attached hydrogens (tertiary/aromatic N) is 2. The van der Waals surface area contributed by atoms with Crippen LogP contribution in [0.5, 0.6) is 0 Å². The van der Waals surface area contributed by atoms with E-state index in [-0.39, 0.29) is 5.41 Å². The van der Waals surface area contributed by atoms with Crippen molar-refractivity contribution >= 4 is 0 Å². The van der Waals surface area contributed by atoms with Crippen molar-refractivity contribution in [3.63, 3.8) is 0 Å². The molecule has 1 heterocycles. The molecule has 0 amide bonds. The van der Waals surface area contributed by atoms with Gasteiger partial charge in [0.1, 0.15) is 0 Å². The van der Waals surface area contributed by atoms with E-state index in [2.05, 4.69) is 42.3 Å². The molecule has 0 spiro atoms. The molecule has 3 rings (SSSR count). The van der Waals surface area contributed by atoms with Gasteiger partial charge in [0, 0.05) is 6.54 Å². The highest BCUT2D eigenvalue weighted by Crippen LogP contribution is 2.43. The monoisotopic (exact) mass is 240 g/mol. The van der Waals surface area contributed by atoms with E-state index in [0.717, 1.165) is 19.4 Å². The van der Waals surface area contributed by atoms with Gasteiger partial charge in [-0.15, -0.1) is 0 Å². The van der Waals surface area contributed by atoms with Crippen molar-refractivity contribution in [3.05, 3.63) is 35.4 Å². The third-order valence-electron chi connectivity index (χ3n) is 4.72. The SMILES string of the molecule is CN1CCC(c2cccc(C3(C#N)CCC3)c2)C1. The quantitative estimate of drug-likeness (QED) is 0.794. The second-order valence-electron chi connectivity index (χ2n) is 5.92. The Morgan fingerprint density at radius 2 is 2.22 bits per heavy atom. The normalized spacial score (nSPS) is 26.6. The van der Waals surface area contributed by atoms with Crippen LogP contribution in [-0.2, 0) is 5.41 Å². The summed E-state index contributed by atoms with van der Waals surface area (Å²) < 4.78 is 0. The molecule has 2 heteroatoms. The van der Waals surface area contributed by atoms with Crippen LogP contribution in [0.4, 0.5) is 0 Å². The van der Waals surface area contributed by atoms with Gasteiger partial charge in [0.25, 0.3) is 0 Å². The molecule has 2 fully saturated rings. The van der Waals surface area contributed by atoms with E-state index >= 15 is 0 Å². The Bertz CT molecular complexity index is 482. The Hall–Kier alpha value is -1.33. The van der Waals surface area contributed by atoms with E-state index in [9.17, 15) is 5.26 Å². The smallest absolute Gasteiger partial charge is 0.0822 e. The molecule has 1 atom stereocenters. The van der Waals surface area contributed by atoms with E-state index < -0.39 is 0 Å². The summed E-state index contributed by atoms with van der Waals surface area (Å²) >= 11 is 0. The van der Waals surface area contributed by atoms with Crippen molar-refractivity contribution in [1.82, 2.24) is 4.90 Å². The maximum absolute atomic E-state index is 9.43. The summed E-state index contributed by atoms with van der Waals surface area (Å²) in [5.74, 6) is 0.658. The lowest BCUT2D eigenvalue weighted by Crippen LogP contribution is -2.32. The highest BCUT2D eigenvalue weighted by atomic mass is 15.1. The number of hydrogen-bond acceptors (Lipinski definition) is 2.